The summed E-state index contributed by atoms with van der Waals surface area (Å²) in [6.45, 7) is 4.59. The number of benzene rings is 3. The molecule has 0 radical (unpaired) electrons. The van der Waals surface area contributed by atoms with Crippen molar-refractivity contribution in [2.24, 2.45) is 0 Å². The molecule has 4 aromatic rings. The second-order valence-corrected chi connectivity index (χ2v) is 8.24. The molecule has 1 saturated heterocycles. The summed E-state index contributed by atoms with van der Waals surface area (Å²) in [4.78, 5) is 0. The lowest BCUT2D eigenvalue weighted by atomic mass is 10.1. The summed E-state index contributed by atoms with van der Waals surface area (Å²) < 4.78 is 21.1. The van der Waals surface area contributed by atoms with Gasteiger partial charge in [-0.2, -0.15) is 0 Å². The Morgan fingerprint density at radius 2 is 1.52 bits per heavy atom. The van der Waals surface area contributed by atoms with Crippen molar-refractivity contribution >= 4 is 10.9 Å². The summed E-state index contributed by atoms with van der Waals surface area (Å²) in [6.07, 6.45) is 2.49. The van der Waals surface area contributed by atoms with Gasteiger partial charge in [0.25, 0.3) is 0 Å². The lowest BCUT2D eigenvalue weighted by Crippen LogP contribution is -2.32. The molecule has 2 heterocycles. The molecular formula is C27H27NO3. The molecule has 0 bridgehead atoms. The van der Waals surface area contributed by atoms with Crippen molar-refractivity contribution in [2.45, 2.75) is 38.7 Å². The normalized spacial score (nSPS) is 20.8. The third-order valence-corrected chi connectivity index (χ3v) is 5.86. The second-order valence-electron chi connectivity index (χ2n) is 8.24. The van der Waals surface area contributed by atoms with Crippen LogP contribution in [0.1, 0.15) is 23.8 Å². The highest BCUT2D eigenvalue weighted by Crippen LogP contribution is 2.34. The summed E-state index contributed by atoms with van der Waals surface area (Å²) in [5.41, 5.74) is 3.59. The Balaban J connectivity index is 1.36. The van der Waals surface area contributed by atoms with Gasteiger partial charge in [-0.05, 0) is 55.6 Å². The third kappa shape index (κ3) is 4.30. The molecule has 158 valence electrons. The molecule has 1 fully saturated rings. The molecule has 0 N–H and O–H groups in total. The van der Waals surface area contributed by atoms with Gasteiger partial charge < -0.3 is 18.8 Å². The number of aromatic nitrogens is 1. The van der Waals surface area contributed by atoms with Crippen LogP contribution in [-0.4, -0.2) is 23.4 Å². The van der Waals surface area contributed by atoms with Crippen LogP contribution >= 0.6 is 0 Å². The van der Waals surface area contributed by atoms with Gasteiger partial charge in [0.1, 0.15) is 36.5 Å². The van der Waals surface area contributed by atoms with Crippen LogP contribution < -0.4 is 9.47 Å². The fourth-order valence-corrected chi connectivity index (χ4v) is 4.11. The molecule has 5 rings (SSSR count). The molecule has 1 aliphatic rings. The smallest absolute Gasteiger partial charge is 0.138 e. The first kappa shape index (κ1) is 19.7. The monoisotopic (exact) mass is 413 g/mol. The van der Waals surface area contributed by atoms with Crippen molar-refractivity contribution in [3.63, 3.8) is 0 Å². The van der Waals surface area contributed by atoms with E-state index in [1.807, 2.05) is 24.3 Å². The highest BCUT2D eigenvalue weighted by atomic mass is 16.6. The van der Waals surface area contributed by atoms with Crippen LogP contribution in [0.15, 0.2) is 85.1 Å². The van der Waals surface area contributed by atoms with Crippen molar-refractivity contribution < 1.29 is 14.2 Å². The number of hydrogen-bond acceptors (Lipinski definition) is 3. The average molecular weight is 414 g/mol. The second kappa shape index (κ2) is 8.48. The summed E-state index contributed by atoms with van der Waals surface area (Å²) in [5.74, 6) is 1.70. The van der Waals surface area contributed by atoms with E-state index in [1.165, 1.54) is 22.0 Å². The number of aryl methyl sites for hydroxylation is 2. The lowest BCUT2D eigenvalue weighted by molar-refractivity contribution is -0.0337. The summed E-state index contributed by atoms with van der Waals surface area (Å²) in [5, 5.41) is 1.21. The number of hydrogen-bond donors (Lipinski definition) is 0. The van der Waals surface area contributed by atoms with E-state index in [0.29, 0.717) is 6.61 Å². The Morgan fingerprint density at radius 3 is 2.26 bits per heavy atom. The van der Waals surface area contributed by atoms with Gasteiger partial charge in [-0.15, -0.1) is 0 Å². The minimum Gasteiger partial charge on any atom is -0.491 e. The van der Waals surface area contributed by atoms with Crippen LogP contribution in [0.2, 0.25) is 0 Å². The van der Waals surface area contributed by atoms with Crippen molar-refractivity contribution in [3.05, 3.63) is 96.2 Å². The first-order valence-corrected chi connectivity index (χ1v) is 10.8. The Bertz CT molecular complexity index is 1150. The molecule has 1 aliphatic heterocycles. The highest BCUT2D eigenvalue weighted by Gasteiger charge is 2.38. The van der Waals surface area contributed by atoms with Gasteiger partial charge >= 0.3 is 0 Å². The summed E-state index contributed by atoms with van der Waals surface area (Å²) in [6, 6.07) is 26.8. The maximum atomic E-state index is 6.48. The predicted molar refractivity (Wildman–Crippen MR) is 123 cm³/mol. The van der Waals surface area contributed by atoms with E-state index in [4.69, 9.17) is 14.2 Å². The molecule has 4 heteroatoms. The molecule has 0 spiro atoms. The van der Waals surface area contributed by atoms with Crippen molar-refractivity contribution in [3.8, 4) is 11.5 Å². The predicted octanol–water partition coefficient (Wildman–Crippen LogP) is 6.07. The zero-order valence-electron chi connectivity index (χ0n) is 17.9. The number of ether oxygens (including phenoxy) is 3. The van der Waals surface area contributed by atoms with E-state index >= 15 is 0 Å². The van der Waals surface area contributed by atoms with Gasteiger partial charge in [0, 0.05) is 12.6 Å². The van der Waals surface area contributed by atoms with E-state index in [2.05, 4.69) is 79.2 Å². The van der Waals surface area contributed by atoms with E-state index in [-0.39, 0.29) is 18.4 Å². The zero-order valence-corrected chi connectivity index (χ0v) is 17.9. The minimum atomic E-state index is -0.172. The highest BCUT2D eigenvalue weighted by molar-refractivity contribution is 5.80. The molecule has 0 amide bonds. The molecule has 3 atom stereocenters. The van der Waals surface area contributed by atoms with Crippen LogP contribution in [-0.2, 0) is 4.74 Å². The van der Waals surface area contributed by atoms with Gasteiger partial charge in [-0.25, -0.2) is 0 Å². The van der Waals surface area contributed by atoms with Crippen LogP contribution in [0.25, 0.3) is 10.9 Å². The average Bonchev–Trinajstić information content (AvgIpc) is 3.39. The molecule has 1 aromatic heterocycles. The van der Waals surface area contributed by atoms with Crippen LogP contribution in [0, 0.1) is 13.8 Å². The standard InChI is InChI=1S/C27H27NO3/c1-19-7-11-22(12-8-19)29-18-26-25(30-23-13-9-20(2)10-14-23)17-27(31-26)28-16-15-21-5-3-4-6-24(21)28/h3-16,25-27H,17-18H2,1-2H3/t25-,26+,27+/m0/s1. The number of nitrogens with zero attached hydrogens (tertiary/aromatic N) is 1. The fraction of sp³-hybridized carbons (Fsp3) is 0.259. The molecule has 0 aliphatic carbocycles. The Labute approximate surface area is 183 Å². The van der Waals surface area contributed by atoms with Gasteiger partial charge in [0.05, 0.1) is 5.52 Å². The number of rotatable bonds is 6. The van der Waals surface area contributed by atoms with Crippen molar-refractivity contribution in [2.75, 3.05) is 6.61 Å². The molecule has 4 nitrogen and oxygen atoms in total. The molecular weight excluding hydrogens is 386 g/mol. The first-order chi connectivity index (χ1) is 15.2. The molecule has 3 aromatic carbocycles. The van der Waals surface area contributed by atoms with Crippen LogP contribution in [0.3, 0.4) is 0 Å². The summed E-state index contributed by atoms with van der Waals surface area (Å²) >= 11 is 0. The van der Waals surface area contributed by atoms with E-state index in [0.717, 1.165) is 17.9 Å². The number of fused-ring (bicyclic) bond motifs is 1. The van der Waals surface area contributed by atoms with E-state index in [1.54, 1.807) is 0 Å². The third-order valence-electron chi connectivity index (χ3n) is 5.86. The summed E-state index contributed by atoms with van der Waals surface area (Å²) in [7, 11) is 0. The Kier molecular flexibility index (Phi) is 5.39. The fourth-order valence-electron chi connectivity index (χ4n) is 4.11. The maximum absolute atomic E-state index is 6.48. The quantitative estimate of drug-likeness (QED) is 0.384. The Hall–Kier alpha value is -3.24. The lowest BCUT2D eigenvalue weighted by Gasteiger charge is -2.20. The van der Waals surface area contributed by atoms with Gasteiger partial charge in [0.2, 0.25) is 0 Å². The Morgan fingerprint density at radius 1 is 0.839 bits per heavy atom. The first-order valence-electron chi connectivity index (χ1n) is 10.8. The van der Waals surface area contributed by atoms with Crippen LogP contribution in [0.5, 0.6) is 11.5 Å². The van der Waals surface area contributed by atoms with Gasteiger partial charge in [0.15, 0.2) is 0 Å². The number of para-hydroxylation sites is 1. The molecule has 0 unspecified atom stereocenters. The topological polar surface area (TPSA) is 32.6 Å². The molecule has 31 heavy (non-hydrogen) atoms. The van der Waals surface area contributed by atoms with Crippen LogP contribution in [0.4, 0.5) is 0 Å². The van der Waals surface area contributed by atoms with Gasteiger partial charge in [-0.1, -0.05) is 53.6 Å². The van der Waals surface area contributed by atoms with Crippen molar-refractivity contribution in [1.82, 2.24) is 4.57 Å². The van der Waals surface area contributed by atoms with E-state index < -0.39 is 0 Å². The zero-order chi connectivity index (χ0) is 21.2. The van der Waals surface area contributed by atoms with Gasteiger partial charge in [-0.3, -0.25) is 0 Å². The minimum absolute atomic E-state index is 0.0954. The van der Waals surface area contributed by atoms with E-state index in [9.17, 15) is 0 Å². The largest absolute Gasteiger partial charge is 0.491 e. The molecule has 0 saturated carbocycles. The SMILES string of the molecule is Cc1ccc(OC[C@H]2O[C@@H](n3ccc4ccccc43)C[C@@H]2Oc2ccc(C)cc2)cc1. The maximum Gasteiger partial charge on any atom is 0.138 e. The van der Waals surface area contributed by atoms with Crippen molar-refractivity contribution in [1.29, 1.82) is 0 Å².